The number of likely N-dealkylation sites (tertiary alicyclic amines) is 1. The van der Waals surface area contributed by atoms with E-state index in [0.717, 1.165) is 6.54 Å². The minimum atomic E-state index is 0.506. The summed E-state index contributed by atoms with van der Waals surface area (Å²) < 4.78 is 0. The van der Waals surface area contributed by atoms with Gasteiger partial charge in [-0.3, -0.25) is 4.90 Å². The van der Waals surface area contributed by atoms with Gasteiger partial charge >= 0.3 is 0 Å². The molecule has 0 amide bonds. The summed E-state index contributed by atoms with van der Waals surface area (Å²) in [4.78, 5) is 2.56. The fourth-order valence-electron chi connectivity index (χ4n) is 3.96. The summed E-state index contributed by atoms with van der Waals surface area (Å²) in [6, 6.07) is 9.79. The summed E-state index contributed by atoms with van der Waals surface area (Å²) in [5.41, 5.74) is 3.25. The lowest BCUT2D eigenvalue weighted by atomic mass is 9.75. The van der Waals surface area contributed by atoms with Crippen LogP contribution < -0.4 is 5.32 Å². The molecule has 1 saturated carbocycles. The van der Waals surface area contributed by atoms with Gasteiger partial charge < -0.3 is 5.32 Å². The first-order valence-corrected chi connectivity index (χ1v) is 8.69. The van der Waals surface area contributed by atoms with Crippen LogP contribution in [0.1, 0.15) is 57.9 Å². The molecular weight excluding hydrogens is 256 g/mol. The Kier molecular flexibility index (Phi) is 4.54. The Bertz CT molecular complexity index is 443. The molecule has 21 heavy (non-hydrogen) atoms. The Balaban J connectivity index is 1.54. The zero-order valence-electron chi connectivity index (χ0n) is 13.7. The summed E-state index contributed by atoms with van der Waals surface area (Å²) in [6.45, 7) is 8.48. The van der Waals surface area contributed by atoms with Gasteiger partial charge in [0.1, 0.15) is 0 Å². The fourth-order valence-corrected chi connectivity index (χ4v) is 3.96. The SMILES string of the molecule is CC1(C)CCCC(Nc2ccc(CN3CCCC3)cc2)C1. The Morgan fingerprint density at radius 3 is 2.48 bits per heavy atom. The molecule has 3 rings (SSSR count). The van der Waals surface area contributed by atoms with Crippen LogP contribution in [-0.2, 0) is 6.54 Å². The predicted octanol–water partition coefficient (Wildman–Crippen LogP) is 4.66. The van der Waals surface area contributed by atoms with E-state index in [1.807, 2.05) is 0 Å². The number of nitrogens with one attached hydrogen (secondary N) is 1. The number of hydrogen-bond acceptors (Lipinski definition) is 2. The lowest BCUT2D eigenvalue weighted by molar-refractivity contribution is 0.229. The second-order valence-electron chi connectivity index (χ2n) is 7.78. The van der Waals surface area contributed by atoms with Crippen molar-refractivity contribution in [1.29, 1.82) is 0 Å². The van der Waals surface area contributed by atoms with E-state index < -0.39 is 0 Å². The van der Waals surface area contributed by atoms with Crippen LogP contribution in [0, 0.1) is 5.41 Å². The molecule has 1 heterocycles. The van der Waals surface area contributed by atoms with Gasteiger partial charge in [0.2, 0.25) is 0 Å². The molecule has 2 nitrogen and oxygen atoms in total. The molecule has 0 aromatic heterocycles. The highest BCUT2D eigenvalue weighted by Gasteiger charge is 2.27. The number of benzene rings is 1. The molecule has 1 aromatic carbocycles. The van der Waals surface area contributed by atoms with Crippen LogP contribution in [0.5, 0.6) is 0 Å². The molecule has 1 N–H and O–H groups in total. The van der Waals surface area contributed by atoms with Gasteiger partial charge in [-0.2, -0.15) is 0 Å². The standard InChI is InChI=1S/C19H30N2/c1-19(2)11-5-6-18(14-19)20-17-9-7-16(8-10-17)15-21-12-3-4-13-21/h7-10,18,20H,3-6,11-15H2,1-2H3. The van der Waals surface area contributed by atoms with Crippen molar-refractivity contribution in [2.75, 3.05) is 18.4 Å². The molecule has 0 radical (unpaired) electrons. The largest absolute Gasteiger partial charge is 0.382 e. The monoisotopic (exact) mass is 286 g/mol. The van der Waals surface area contributed by atoms with Crippen molar-refractivity contribution in [1.82, 2.24) is 4.90 Å². The van der Waals surface area contributed by atoms with E-state index in [9.17, 15) is 0 Å². The molecule has 1 aromatic rings. The van der Waals surface area contributed by atoms with Crippen molar-refractivity contribution in [3.63, 3.8) is 0 Å². The lowest BCUT2D eigenvalue weighted by Crippen LogP contribution is -2.31. The Hall–Kier alpha value is -1.02. The molecular formula is C19H30N2. The second-order valence-corrected chi connectivity index (χ2v) is 7.78. The van der Waals surface area contributed by atoms with E-state index in [4.69, 9.17) is 0 Å². The molecule has 116 valence electrons. The van der Waals surface area contributed by atoms with Crippen LogP contribution in [0.25, 0.3) is 0 Å². The highest BCUT2D eigenvalue weighted by Crippen LogP contribution is 2.36. The van der Waals surface area contributed by atoms with Crippen molar-refractivity contribution in [2.45, 2.75) is 65.0 Å². The zero-order valence-corrected chi connectivity index (χ0v) is 13.7. The molecule has 1 aliphatic carbocycles. The van der Waals surface area contributed by atoms with E-state index in [1.54, 1.807) is 0 Å². The van der Waals surface area contributed by atoms with Crippen molar-refractivity contribution in [3.05, 3.63) is 29.8 Å². The van der Waals surface area contributed by atoms with Crippen LogP contribution in [0.2, 0.25) is 0 Å². The first kappa shape index (κ1) is 14.9. The maximum atomic E-state index is 3.74. The molecule has 2 heteroatoms. The van der Waals surface area contributed by atoms with Crippen LogP contribution in [0.15, 0.2) is 24.3 Å². The molecule has 0 bridgehead atoms. The Morgan fingerprint density at radius 1 is 1.10 bits per heavy atom. The summed E-state index contributed by atoms with van der Waals surface area (Å²) >= 11 is 0. The van der Waals surface area contributed by atoms with Gasteiger partial charge in [-0.1, -0.05) is 32.4 Å². The van der Waals surface area contributed by atoms with E-state index in [0.29, 0.717) is 11.5 Å². The maximum absolute atomic E-state index is 3.74. The molecule has 1 atom stereocenters. The van der Waals surface area contributed by atoms with Crippen molar-refractivity contribution in [3.8, 4) is 0 Å². The summed E-state index contributed by atoms with van der Waals surface area (Å²) in [5, 5.41) is 3.74. The second kappa shape index (κ2) is 6.39. The van der Waals surface area contributed by atoms with Gasteiger partial charge in [0.25, 0.3) is 0 Å². The number of anilines is 1. The van der Waals surface area contributed by atoms with Crippen LogP contribution in [0.3, 0.4) is 0 Å². The molecule has 2 aliphatic rings. The first-order valence-electron chi connectivity index (χ1n) is 8.69. The topological polar surface area (TPSA) is 15.3 Å². The van der Waals surface area contributed by atoms with Gasteiger partial charge in [0.05, 0.1) is 0 Å². The smallest absolute Gasteiger partial charge is 0.0342 e. The van der Waals surface area contributed by atoms with E-state index in [2.05, 4.69) is 48.3 Å². The lowest BCUT2D eigenvalue weighted by Gasteiger charge is -2.36. The average molecular weight is 286 g/mol. The molecule has 1 aliphatic heterocycles. The maximum Gasteiger partial charge on any atom is 0.0342 e. The number of nitrogens with zero attached hydrogens (tertiary/aromatic N) is 1. The highest BCUT2D eigenvalue weighted by molar-refractivity contribution is 5.45. The quantitative estimate of drug-likeness (QED) is 0.865. The molecule has 2 fully saturated rings. The predicted molar refractivity (Wildman–Crippen MR) is 90.6 cm³/mol. The normalized spacial score (nSPS) is 25.9. The van der Waals surface area contributed by atoms with E-state index >= 15 is 0 Å². The Labute approximate surface area is 129 Å². The van der Waals surface area contributed by atoms with E-state index in [1.165, 1.54) is 62.9 Å². The third kappa shape index (κ3) is 4.23. The van der Waals surface area contributed by atoms with Crippen LogP contribution >= 0.6 is 0 Å². The third-order valence-electron chi connectivity index (χ3n) is 5.13. The minimum Gasteiger partial charge on any atom is -0.382 e. The van der Waals surface area contributed by atoms with Crippen LogP contribution in [0.4, 0.5) is 5.69 Å². The van der Waals surface area contributed by atoms with Gasteiger partial charge in [-0.15, -0.1) is 0 Å². The van der Waals surface area contributed by atoms with E-state index in [-0.39, 0.29) is 0 Å². The fraction of sp³-hybridized carbons (Fsp3) is 0.684. The zero-order chi connectivity index (χ0) is 14.7. The van der Waals surface area contributed by atoms with Gasteiger partial charge in [-0.25, -0.2) is 0 Å². The molecule has 1 unspecified atom stereocenters. The molecule has 0 spiro atoms. The van der Waals surface area contributed by atoms with Crippen molar-refractivity contribution < 1.29 is 0 Å². The molecule has 1 saturated heterocycles. The van der Waals surface area contributed by atoms with Gasteiger partial charge in [0, 0.05) is 18.3 Å². The Morgan fingerprint density at radius 2 is 1.81 bits per heavy atom. The summed E-state index contributed by atoms with van der Waals surface area (Å²) in [5.74, 6) is 0. The third-order valence-corrected chi connectivity index (χ3v) is 5.13. The first-order chi connectivity index (χ1) is 10.1. The number of rotatable bonds is 4. The average Bonchev–Trinajstić information content (AvgIpc) is 2.93. The minimum absolute atomic E-state index is 0.506. The summed E-state index contributed by atoms with van der Waals surface area (Å²) in [6.07, 6.45) is 8.09. The number of hydrogen-bond donors (Lipinski definition) is 1. The highest BCUT2D eigenvalue weighted by atomic mass is 15.1. The van der Waals surface area contributed by atoms with Gasteiger partial charge in [0.15, 0.2) is 0 Å². The van der Waals surface area contributed by atoms with Crippen molar-refractivity contribution in [2.24, 2.45) is 5.41 Å². The van der Waals surface area contributed by atoms with Gasteiger partial charge in [-0.05, 0) is 68.3 Å². The summed E-state index contributed by atoms with van der Waals surface area (Å²) in [7, 11) is 0. The van der Waals surface area contributed by atoms with Crippen LogP contribution in [-0.4, -0.2) is 24.0 Å². The van der Waals surface area contributed by atoms with Crippen molar-refractivity contribution >= 4 is 5.69 Å².